The molecule has 5 nitrogen and oxygen atoms in total. The highest BCUT2D eigenvalue weighted by molar-refractivity contribution is 7.88. The van der Waals surface area contributed by atoms with Gasteiger partial charge in [-0.2, -0.15) is 0 Å². The summed E-state index contributed by atoms with van der Waals surface area (Å²) < 4.78 is 27.0. The summed E-state index contributed by atoms with van der Waals surface area (Å²) in [6.07, 6.45) is 0.805. The van der Waals surface area contributed by atoms with Crippen molar-refractivity contribution in [3.63, 3.8) is 0 Å². The summed E-state index contributed by atoms with van der Waals surface area (Å²) in [5, 5.41) is 0. The summed E-state index contributed by atoms with van der Waals surface area (Å²) in [6, 6.07) is 14.8. The van der Waals surface area contributed by atoms with Crippen molar-refractivity contribution < 1.29 is 13.2 Å². The lowest BCUT2D eigenvalue weighted by molar-refractivity contribution is -0.116. The molecule has 3 rings (SSSR count). The fourth-order valence-corrected chi connectivity index (χ4v) is 4.05. The minimum atomic E-state index is -3.39. The van der Waals surface area contributed by atoms with E-state index in [-0.39, 0.29) is 18.2 Å². The van der Waals surface area contributed by atoms with Crippen LogP contribution >= 0.6 is 0 Å². The average molecular weight is 344 g/mol. The Morgan fingerprint density at radius 1 is 1.12 bits per heavy atom. The van der Waals surface area contributed by atoms with Crippen LogP contribution in [0, 0.1) is 0 Å². The van der Waals surface area contributed by atoms with Crippen molar-refractivity contribution in [1.82, 2.24) is 4.72 Å². The predicted molar refractivity (Wildman–Crippen MR) is 94.1 cm³/mol. The molecule has 6 heteroatoms. The van der Waals surface area contributed by atoms with Crippen molar-refractivity contribution in [2.24, 2.45) is 0 Å². The van der Waals surface area contributed by atoms with Gasteiger partial charge in [0.2, 0.25) is 15.9 Å². The molecule has 1 N–H and O–H groups in total. The number of hydrogen-bond donors (Lipinski definition) is 1. The fraction of sp³-hybridized carbons (Fsp3) is 0.278. The Morgan fingerprint density at radius 3 is 2.58 bits per heavy atom. The van der Waals surface area contributed by atoms with Crippen LogP contribution in [0.25, 0.3) is 0 Å². The molecule has 126 valence electrons. The van der Waals surface area contributed by atoms with Gasteiger partial charge < -0.3 is 4.90 Å². The summed E-state index contributed by atoms with van der Waals surface area (Å²) in [5.41, 5.74) is 3.68. The summed E-state index contributed by atoms with van der Waals surface area (Å²) in [5.74, 6) is 0.00161. The summed E-state index contributed by atoms with van der Waals surface area (Å²) >= 11 is 0. The average Bonchev–Trinajstić information content (AvgIpc) is 2.97. The molecule has 0 bridgehead atoms. The number of nitrogens with zero attached hydrogens (tertiary/aromatic N) is 1. The van der Waals surface area contributed by atoms with Crippen molar-refractivity contribution in [3.8, 4) is 0 Å². The smallest absolute Gasteiger partial charge is 0.223 e. The number of rotatable bonds is 5. The molecule has 0 unspecified atom stereocenters. The van der Waals surface area contributed by atoms with Gasteiger partial charge in [0, 0.05) is 25.7 Å². The number of anilines is 1. The number of carbonyl (C=O) groups excluding carboxylic acids is 1. The number of carbonyl (C=O) groups is 1. The lowest BCUT2D eigenvalue weighted by Gasteiger charge is -2.15. The highest BCUT2D eigenvalue weighted by atomic mass is 32.2. The lowest BCUT2D eigenvalue weighted by Crippen LogP contribution is -2.26. The standard InChI is InChI=1S/C18H20N2O3S/c1-14(21)20-10-9-17-11-16(7-8-18(17)20)12-19-24(22,23)13-15-5-3-2-4-6-15/h2-8,11,19H,9-10,12-13H2,1H3. The maximum absolute atomic E-state index is 12.2. The molecule has 2 aromatic rings. The Hall–Kier alpha value is -2.18. The normalized spacial score (nSPS) is 13.8. The van der Waals surface area contributed by atoms with E-state index in [9.17, 15) is 13.2 Å². The Labute approximate surface area is 142 Å². The van der Waals surface area contributed by atoms with Crippen LogP contribution in [0.5, 0.6) is 0 Å². The monoisotopic (exact) mass is 344 g/mol. The Bertz CT molecular complexity index is 848. The van der Waals surface area contributed by atoms with E-state index in [1.807, 2.05) is 36.4 Å². The van der Waals surface area contributed by atoms with Gasteiger partial charge in [-0.25, -0.2) is 13.1 Å². The first-order valence-electron chi connectivity index (χ1n) is 7.86. The SMILES string of the molecule is CC(=O)N1CCc2cc(CNS(=O)(=O)Cc3ccccc3)ccc21. The van der Waals surface area contributed by atoms with Crippen LogP contribution in [-0.4, -0.2) is 20.9 Å². The zero-order valence-electron chi connectivity index (χ0n) is 13.5. The minimum absolute atomic E-state index is 0.0309. The van der Waals surface area contributed by atoms with E-state index < -0.39 is 10.0 Å². The van der Waals surface area contributed by atoms with E-state index in [0.717, 1.165) is 28.8 Å². The number of fused-ring (bicyclic) bond motifs is 1. The first-order chi connectivity index (χ1) is 11.4. The number of sulfonamides is 1. The first-order valence-corrected chi connectivity index (χ1v) is 9.51. The Kier molecular flexibility index (Phi) is 4.69. The van der Waals surface area contributed by atoms with Gasteiger partial charge in [0.05, 0.1) is 5.75 Å². The molecular weight excluding hydrogens is 324 g/mol. The van der Waals surface area contributed by atoms with Crippen LogP contribution in [0.1, 0.15) is 23.6 Å². The topological polar surface area (TPSA) is 66.5 Å². The number of hydrogen-bond acceptors (Lipinski definition) is 3. The van der Waals surface area contributed by atoms with Gasteiger partial charge in [0.1, 0.15) is 0 Å². The van der Waals surface area contributed by atoms with Gasteiger partial charge in [0.15, 0.2) is 0 Å². The lowest BCUT2D eigenvalue weighted by atomic mass is 10.1. The Balaban J connectivity index is 1.66. The predicted octanol–water partition coefficient (Wildman–Crippen LogP) is 2.22. The third-order valence-corrected chi connectivity index (χ3v) is 5.41. The minimum Gasteiger partial charge on any atom is -0.312 e. The maximum Gasteiger partial charge on any atom is 0.223 e. The number of benzene rings is 2. The van der Waals surface area contributed by atoms with Gasteiger partial charge in [-0.1, -0.05) is 42.5 Å². The molecule has 0 radical (unpaired) electrons. The van der Waals surface area contributed by atoms with Crippen molar-refractivity contribution in [2.75, 3.05) is 11.4 Å². The zero-order valence-corrected chi connectivity index (χ0v) is 14.3. The fourth-order valence-electron chi connectivity index (χ4n) is 2.93. The van der Waals surface area contributed by atoms with E-state index in [1.165, 1.54) is 0 Å². The molecule has 0 aliphatic carbocycles. The second-order valence-corrected chi connectivity index (χ2v) is 7.76. The van der Waals surface area contributed by atoms with E-state index in [4.69, 9.17) is 0 Å². The van der Waals surface area contributed by atoms with E-state index >= 15 is 0 Å². The van der Waals surface area contributed by atoms with Crippen molar-refractivity contribution in [1.29, 1.82) is 0 Å². The quantitative estimate of drug-likeness (QED) is 0.904. The molecule has 1 aliphatic rings. The Morgan fingerprint density at radius 2 is 1.88 bits per heavy atom. The number of amides is 1. The van der Waals surface area contributed by atoms with Crippen LogP contribution in [0.3, 0.4) is 0 Å². The van der Waals surface area contributed by atoms with Crippen LogP contribution in [0.4, 0.5) is 5.69 Å². The highest BCUT2D eigenvalue weighted by Gasteiger charge is 2.22. The van der Waals surface area contributed by atoms with Gasteiger partial charge in [0.25, 0.3) is 0 Å². The second-order valence-electron chi connectivity index (χ2n) is 5.95. The molecule has 1 heterocycles. The van der Waals surface area contributed by atoms with Crippen LogP contribution in [-0.2, 0) is 33.5 Å². The molecule has 24 heavy (non-hydrogen) atoms. The third-order valence-electron chi connectivity index (χ3n) is 4.12. The molecule has 0 spiro atoms. The van der Waals surface area contributed by atoms with Crippen LogP contribution < -0.4 is 9.62 Å². The van der Waals surface area contributed by atoms with E-state index in [0.29, 0.717) is 6.54 Å². The van der Waals surface area contributed by atoms with Crippen LogP contribution in [0.2, 0.25) is 0 Å². The zero-order chi connectivity index (χ0) is 17.2. The number of nitrogens with one attached hydrogen (secondary N) is 1. The molecule has 0 saturated carbocycles. The molecule has 1 amide bonds. The van der Waals surface area contributed by atoms with Gasteiger partial charge >= 0.3 is 0 Å². The maximum atomic E-state index is 12.2. The molecule has 0 atom stereocenters. The largest absolute Gasteiger partial charge is 0.312 e. The summed E-state index contributed by atoms with van der Waals surface area (Å²) in [6.45, 7) is 2.50. The summed E-state index contributed by atoms with van der Waals surface area (Å²) in [7, 11) is -3.39. The van der Waals surface area contributed by atoms with E-state index in [1.54, 1.807) is 24.0 Å². The molecule has 1 aliphatic heterocycles. The van der Waals surface area contributed by atoms with Gasteiger partial charge in [-0.05, 0) is 29.2 Å². The van der Waals surface area contributed by atoms with Crippen molar-refractivity contribution in [2.45, 2.75) is 25.6 Å². The third kappa shape index (κ3) is 3.83. The molecular formula is C18H20N2O3S. The van der Waals surface area contributed by atoms with Gasteiger partial charge in [-0.3, -0.25) is 4.79 Å². The van der Waals surface area contributed by atoms with E-state index in [2.05, 4.69) is 4.72 Å². The van der Waals surface area contributed by atoms with Crippen LogP contribution in [0.15, 0.2) is 48.5 Å². The summed E-state index contributed by atoms with van der Waals surface area (Å²) in [4.78, 5) is 13.3. The van der Waals surface area contributed by atoms with Crippen molar-refractivity contribution in [3.05, 3.63) is 65.2 Å². The molecule has 0 aromatic heterocycles. The molecule has 2 aromatic carbocycles. The first kappa shape index (κ1) is 16.7. The molecule has 0 fully saturated rings. The molecule has 0 saturated heterocycles. The highest BCUT2D eigenvalue weighted by Crippen LogP contribution is 2.28. The van der Waals surface area contributed by atoms with Crippen molar-refractivity contribution >= 4 is 21.6 Å². The van der Waals surface area contributed by atoms with Gasteiger partial charge in [-0.15, -0.1) is 0 Å². The second kappa shape index (κ2) is 6.75.